The van der Waals surface area contributed by atoms with E-state index < -0.39 is 0 Å². The number of nitrogens with zero attached hydrogens (tertiary/aromatic N) is 5. The van der Waals surface area contributed by atoms with E-state index in [1.807, 2.05) is 24.3 Å². The molecule has 0 N–H and O–H groups in total. The van der Waals surface area contributed by atoms with Gasteiger partial charge in [-0.1, -0.05) is 41.9 Å². The standard InChI is InChI=1S/C30H32ClN5O/c1-33-27(31)13-12-19-4-2-3-5-24(19)25-16-23(17-32)29(34-28(25)21-8-9-21)35-14-15-36(30(37)22-10-11-22)26(18-35)20-6-7-20/h2-5,12-13,16,20-22,26H,6-11,14-15,18H2,1H3/b13-12-,33-27?. The average molecular weight is 514 g/mol. The molecule has 4 aliphatic rings. The van der Waals surface area contributed by atoms with Crippen LogP contribution >= 0.6 is 11.6 Å². The fourth-order valence-electron chi connectivity index (χ4n) is 5.57. The molecule has 0 bridgehead atoms. The summed E-state index contributed by atoms with van der Waals surface area (Å²) in [6, 6.07) is 12.9. The Bertz CT molecular complexity index is 1320. The van der Waals surface area contributed by atoms with Crippen molar-refractivity contribution in [2.45, 2.75) is 50.5 Å². The molecule has 0 spiro atoms. The minimum Gasteiger partial charge on any atom is -0.352 e. The number of aromatic nitrogens is 1. The second kappa shape index (κ2) is 9.95. The number of allylic oxidation sites excluding steroid dienone is 1. The molecule has 6 rings (SSSR count). The van der Waals surface area contributed by atoms with Gasteiger partial charge >= 0.3 is 0 Å². The first kappa shape index (κ1) is 24.2. The SMILES string of the molecule is CN=C(Cl)/C=C\c1ccccc1-c1cc(C#N)c(N2CCN(C(=O)C3CC3)C(C3CC3)C2)nc1C1CC1. The molecule has 3 saturated carbocycles. The average Bonchev–Trinajstić information content (AvgIpc) is 3.80. The van der Waals surface area contributed by atoms with E-state index in [0.29, 0.717) is 28.5 Å². The summed E-state index contributed by atoms with van der Waals surface area (Å²) in [5.74, 6) is 2.36. The molecule has 6 nitrogen and oxygen atoms in total. The number of hydrogen-bond donors (Lipinski definition) is 0. The maximum absolute atomic E-state index is 13.0. The van der Waals surface area contributed by atoms with Gasteiger partial charge in [-0.2, -0.15) is 5.26 Å². The van der Waals surface area contributed by atoms with Crippen LogP contribution in [0.1, 0.15) is 61.3 Å². The molecule has 190 valence electrons. The number of anilines is 1. The fourth-order valence-corrected chi connectivity index (χ4v) is 5.63. The lowest BCUT2D eigenvalue weighted by molar-refractivity contribution is -0.135. The first-order valence-electron chi connectivity index (χ1n) is 13.5. The number of nitriles is 1. The van der Waals surface area contributed by atoms with E-state index in [1.54, 1.807) is 13.1 Å². The molecule has 1 aromatic heterocycles. The quantitative estimate of drug-likeness (QED) is 0.451. The number of pyridine rings is 1. The molecule has 1 saturated heterocycles. The van der Waals surface area contributed by atoms with Gasteiger partial charge in [-0.05, 0) is 67.7 Å². The van der Waals surface area contributed by atoms with Crippen molar-refractivity contribution in [3.63, 3.8) is 0 Å². The van der Waals surface area contributed by atoms with Crippen LogP contribution in [0.5, 0.6) is 0 Å². The zero-order valence-electron chi connectivity index (χ0n) is 21.2. The van der Waals surface area contributed by atoms with E-state index in [-0.39, 0.29) is 12.0 Å². The van der Waals surface area contributed by atoms with Gasteiger partial charge < -0.3 is 9.80 Å². The van der Waals surface area contributed by atoms with Gasteiger partial charge in [-0.3, -0.25) is 9.79 Å². The zero-order valence-corrected chi connectivity index (χ0v) is 22.0. The van der Waals surface area contributed by atoms with Crippen LogP contribution in [0.15, 0.2) is 41.4 Å². The summed E-state index contributed by atoms with van der Waals surface area (Å²) in [7, 11) is 1.67. The van der Waals surface area contributed by atoms with E-state index >= 15 is 0 Å². The minimum atomic E-state index is 0.232. The summed E-state index contributed by atoms with van der Waals surface area (Å²) in [5, 5.41) is 10.7. The molecule has 1 atom stereocenters. The van der Waals surface area contributed by atoms with Gasteiger partial charge in [0.2, 0.25) is 5.91 Å². The highest BCUT2D eigenvalue weighted by atomic mass is 35.5. The van der Waals surface area contributed by atoms with Crippen molar-refractivity contribution < 1.29 is 4.79 Å². The highest BCUT2D eigenvalue weighted by Crippen LogP contribution is 2.46. The normalized spacial score (nSPS) is 22.4. The van der Waals surface area contributed by atoms with Gasteiger partial charge in [0, 0.05) is 44.1 Å². The van der Waals surface area contributed by atoms with Gasteiger partial charge in [-0.15, -0.1) is 0 Å². The largest absolute Gasteiger partial charge is 0.352 e. The summed E-state index contributed by atoms with van der Waals surface area (Å²) >= 11 is 6.13. The number of hydrogen-bond acceptors (Lipinski definition) is 5. The maximum atomic E-state index is 13.0. The van der Waals surface area contributed by atoms with Crippen LogP contribution in [0.3, 0.4) is 0 Å². The van der Waals surface area contributed by atoms with Gasteiger partial charge in [0.15, 0.2) is 0 Å². The molecule has 1 amide bonds. The third-order valence-electron chi connectivity index (χ3n) is 8.08. The molecule has 4 fully saturated rings. The highest BCUT2D eigenvalue weighted by Gasteiger charge is 2.45. The number of halogens is 1. The lowest BCUT2D eigenvalue weighted by atomic mass is 9.94. The maximum Gasteiger partial charge on any atom is 0.226 e. The Kier molecular flexibility index (Phi) is 6.50. The highest BCUT2D eigenvalue weighted by molar-refractivity contribution is 6.68. The van der Waals surface area contributed by atoms with Crippen molar-refractivity contribution in [3.05, 3.63) is 53.2 Å². The van der Waals surface area contributed by atoms with E-state index in [1.165, 1.54) is 12.8 Å². The predicted octanol–water partition coefficient (Wildman–Crippen LogP) is 5.62. The van der Waals surface area contributed by atoms with E-state index in [4.69, 9.17) is 16.6 Å². The van der Waals surface area contributed by atoms with Gasteiger partial charge in [0.25, 0.3) is 0 Å². The molecular formula is C30H32ClN5O. The van der Waals surface area contributed by atoms with Crippen molar-refractivity contribution in [2.75, 3.05) is 31.6 Å². The Hall–Kier alpha value is -3.17. The van der Waals surface area contributed by atoms with Crippen molar-refractivity contribution in [2.24, 2.45) is 16.8 Å². The molecule has 0 radical (unpaired) electrons. The zero-order chi connectivity index (χ0) is 25.5. The molecule has 37 heavy (non-hydrogen) atoms. The predicted molar refractivity (Wildman–Crippen MR) is 148 cm³/mol. The van der Waals surface area contributed by atoms with E-state index in [2.05, 4.69) is 33.0 Å². The molecule has 1 aromatic carbocycles. The lowest BCUT2D eigenvalue weighted by Gasteiger charge is -2.43. The van der Waals surface area contributed by atoms with Crippen molar-refractivity contribution in [1.29, 1.82) is 5.26 Å². The summed E-state index contributed by atoms with van der Waals surface area (Å²) in [4.78, 5) is 26.6. The second-order valence-corrected chi connectivity index (χ2v) is 11.2. The minimum absolute atomic E-state index is 0.232. The van der Waals surface area contributed by atoms with Crippen LogP contribution in [-0.2, 0) is 4.79 Å². The van der Waals surface area contributed by atoms with E-state index in [9.17, 15) is 10.1 Å². The summed E-state index contributed by atoms with van der Waals surface area (Å²) < 4.78 is 0. The molecule has 2 aromatic rings. The fraction of sp³-hybridized carbons (Fsp3) is 0.467. The number of amides is 1. The first-order valence-corrected chi connectivity index (χ1v) is 13.9. The van der Waals surface area contributed by atoms with Crippen molar-refractivity contribution >= 4 is 34.6 Å². The molecule has 1 aliphatic heterocycles. The smallest absolute Gasteiger partial charge is 0.226 e. The van der Waals surface area contributed by atoms with Crippen LogP contribution in [-0.4, -0.2) is 53.7 Å². The number of rotatable bonds is 7. The molecule has 2 heterocycles. The number of carbonyl (C=O) groups excluding carboxylic acids is 1. The molecule has 7 heteroatoms. The van der Waals surface area contributed by atoms with Crippen LogP contribution in [0.4, 0.5) is 5.82 Å². The topological polar surface area (TPSA) is 72.6 Å². The summed E-state index contributed by atoms with van der Waals surface area (Å²) in [6.45, 7) is 2.21. The number of benzene rings is 1. The first-order chi connectivity index (χ1) is 18.1. The number of carbonyl (C=O) groups is 1. The Labute approximate surface area is 223 Å². The van der Waals surface area contributed by atoms with Crippen LogP contribution < -0.4 is 4.90 Å². The molecule has 1 unspecified atom stereocenters. The number of aliphatic imine (C=N–C) groups is 1. The third-order valence-corrected chi connectivity index (χ3v) is 8.37. The third kappa shape index (κ3) is 5.02. The Morgan fingerprint density at radius 1 is 1.14 bits per heavy atom. The number of piperazine rings is 1. The Morgan fingerprint density at radius 2 is 1.92 bits per heavy atom. The van der Waals surface area contributed by atoms with Gasteiger partial charge in [0.05, 0.1) is 17.3 Å². The van der Waals surface area contributed by atoms with Crippen LogP contribution in [0.25, 0.3) is 17.2 Å². The molecular weight excluding hydrogens is 482 g/mol. The van der Waals surface area contributed by atoms with Crippen molar-refractivity contribution in [1.82, 2.24) is 9.88 Å². The monoisotopic (exact) mass is 513 g/mol. The summed E-state index contributed by atoms with van der Waals surface area (Å²) in [5.41, 5.74) is 4.76. The lowest BCUT2D eigenvalue weighted by Crippen LogP contribution is -2.57. The van der Waals surface area contributed by atoms with Gasteiger partial charge in [-0.25, -0.2) is 4.98 Å². The second-order valence-electron chi connectivity index (χ2n) is 10.8. The molecule has 3 aliphatic carbocycles. The van der Waals surface area contributed by atoms with Crippen molar-refractivity contribution in [3.8, 4) is 17.2 Å². The van der Waals surface area contributed by atoms with Gasteiger partial charge in [0.1, 0.15) is 17.1 Å². The van der Waals surface area contributed by atoms with Crippen LogP contribution in [0.2, 0.25) is 0 Å². The Morgan fingerprint density at radius 3 is 2.59 bits per heavy atom. The van der Waals surface area contributed by atoms with E-state index in [0.717, 1.165) is 73.5 Å². The van der Waals surface area contributed by atoms with Crippen LogP contribution in [0, 0.1) is 23.2 Å². The summed E-state index contributed by atoms with van der Waals surface area (Å²) in [6.07, 6.45) is 10.5. The Balaban J connectivity index is 1.36.